The third kappa shape index (κ3) is 2.49. The van der Waals surface area contributed by atoms with E-state index in [9.17, 15) is 13.2 Å². The molecule has 23 heavy (non-hydrogen) atoms. The second-order valence-corrected chi connectivity index (χ2v) is 6.33. The Morgan fingerprint density at radius 1 is 0.957 bits per heavy atom. The Morgan fingerprint density at radius 2 is 1.83 bits per heavy atom. The fourth-order valence-electron chi connectivity index (χ4n) is 3.25. The minimum Gasteiger partial charge on any atom is -0.488 e. The van der Waals surface area contributed by atoms with Crippen molar-refractivity contribution in [3.63, 3.8) is 0 Å². The number of ether oxygens (including phenoxy) is 1. The predicted octanol–water partition coefficient (Wildman–Crippen LogP) is 2.67. The maximum absolute atomic E-state index is 12.0. The van der Waals surface area contributed by atoms with Gasteiger partial charge in [-0.2, -0.15) is 8.42 Å². The monoisotopic (exact) mass is 330 g/mol. The van der Waals surface area contributed by atoms with Crippen LogP contribution < -0.4 is 8.92 Å². The fourth-order valence-corrected chi connectivity index (χ4v) is 3.53. The number of carbonyl (C=O) groups excluding carboxylic acids is 1. The van der Waals surface area contributed by atoms with Gasteiger partial charge in [-0.15, -0.1) is 0 Å². The average molecular weight is 330 g/mol. The first-order valence-corrected chi connectivity index (χ1v) is 8.50. The molecule has 118 valence electrons. The molecule has 0 spiro atoms. The van der Waals surface area contributed by atoms with Crippen molar-refractivity contribution in [1.29, 1.82) is 0 Å². The molecule has 2 aliphatic rings. The largest absolute Gasteiger partial charge is 0.488 e. The quantitative estimate of drug-likeness (QED) is 0.857. The molecule has 0 fully saturated rings. The maximum Gasteiger partial charge on any atom is 0.299 e. The van der Waals surface area contributed by atoms with Crippen LogP contribution in [0, 0.1) is 0 Å². The Kier molecular flexibility index (Phi) is 3.34. The Balaban J connectivity index is 1.82. The van der Waals surface area contributed by atoms with Crippen molar-refractivity contribution in [2.24, 2.45) is 0 Å². The second kappa shape index (κ2) is 5.38. The molecule has 0 saturated carbocycles. The summed E-state index contributed by atoms with van der Waals surface area (Å²) in [5.41, 5.74) is 4.62. The lowest BCUT2D eigenvalue weighted by Crippen LogP contribution is -2.13. The summed E-state index contributed by atoms with van der Waals surface area (Å²) in [6.45, 7) is 0.322. The maximum atomic E-state index is 12.0. The normalized spacial score (nSPS) is 15.4. The van der Waals surface area contributed by atoms with Crippen LogP contribution in [0.25, 0.3) is 11.1 Å². The zero-order chi connectivity index (χ0) is 16.0. The summed E-state index contributed by atoms with van der Waals surface area (Å²) in [6, 6.07) is 9.00. The van der Waals surface area contributed by atoms with Gasteiger partial charge in [0.2, 0.25) is 0 Å². The van der Waals surface area contributed by atoms with E-state index >= 15 is 0 Å². The lowest BCUT2D eigenvalue weighted by molar-refractivity contribution is 0.0972. The number of benzene rings is 2. The van der Waals surface area contributed by atoms with Gasteiger partial charge in [0.15, 0.2) is 5.78 Å². The number of ketones is 1. The molecule has 0 N–H and O–H groups in total. The first-order valence-electron chi connectivity index (χ1n) is 7.40. The molecule has 1 aliphatic carbocycles. The number of thiol groups is 1. The highest BCUT2D eigenvalue weighted by Gasteiger charge is 2.24. The Morgan fingerprint density at radius 3 is 2.65 bits per heavy atom. The van der Waals surface area contributed by atoms with Crippen molar-refractivity contribution in [2.75, 3.05) is 0 Å². The van der Waals surface area contributed by atoms with Crippen molar-refractivity contribution in [3.8, 4) is 22.6 Å². The standard InChI is InChI=1S/C17H14O5S/c18-16-3-1-2-10-7-15-13-5-4-12(22-23(19)20)6-11(13)9-21-17(15)8-14(10)16/h4-8,23H,1-3,9H2. The van der Waals surface area contributed by atoms with Crippen molar-refractivity contribution in [3.05, 3.63) is 47.0 Å². The lowest BCUT2D eigenvalue weighted by Gasteiger charge is -2.24. The SMILES string of the molecule is O=C1CCCc2cc3c(cc21)OCc1cc(O[SH](=O)=O)ccc1-3. The van der Waals surface area contributed by atoms with Crippen molar-refractivity contribution in [2.45, 2.75) is 25.9 Å². The predicted molar refractivity (Wildman–Crippen MR) is 84.4 cm³/mol. The molecule has 2 aromatic carbocycles. The molecular weight excluding hydrogens is 316 g/mol. The number of Topliss-reactive ketones (excluding diaryl/α,β-unsaturated/α-hetero) is 1. The summed E-state index contributed by atoms with van der Waals surface area (Å²) in [4.78, 5) is 12.0. The van der Waals surface area contributed by atoms with Gasteiger partial charge in [-0.1, -0.05) is 6.07 Å². The lowest BCUT2D eigenvalue weighted by atomic mass is 9.86. The summed E-state index contributed by atoms with van der Waals surface area (Å²) < 4.78 is 31.8. The van der Waals surface area contributed by atoms with E-state index in [4.69, 9.17) is 8.92 Å². The van der Waals surface area contributed by atoms with Crippen molar-refractivity contribution >= 4 is 16.8 Å². The molecule has 0 saturated heterocycles. The molecule has 0 atom stereocenters. The highest BCUT2D eigenvalue weighted by Crippen LogP contribution is 2.41. The molecule has 1 heterocycles. The smallest absolute Gasteiger partial charge is 0.299 e. The summed E-state index contributed by atoms with van der Waals surface area (Å²) in [5, 5.41) is 0. The summed E-state index contributed by atoms with van der Waals surface area (Å²) >= 11 is 0. The average Bonchev–Trinajstić information content (AvgIpc) is 2.53. The molecule has 6 heteroatoms. The van der Waals surface area contributed by atoms with Crippen LogP contribution in [0.2, 0.25) is 0 Å². The first kappa shape index (κ1) is 14.3. The van der Waals surface area contributed by atoms with Gasteiger partial charge in [-0.25, -0.2) is 0 Å². The van der Waals surface area contributed by atoms with E-state index in [0.29, 0.717) is 18.8 Å². The molecule has 1 aliphatic heterocycles. The van der Waals surface area contributed by atoms with Crippen LogP contribution >= 0.6 is 0 Å². The van der Waals surface area contributed by atoms with E-state index in [2.05, 4.69) is 0 Å². The fraction of sp³-hybridized carbons (Fsp3) is 0.235. The number of carbonyl (C=O) groups is 1. The van der Waals surface area contributed by atoms with E-state index in [-0.39, 0.29) is 11.5 Å². The second-order valence-electron chi connectivity index (χ2n) is 5.70. The van der Waals surface area contributed by atoms with Gasteiger partial charge in [-0.3, -0.25) is 4.79 Å². The number of rotatable bonds is 2. The summed E-state index contributed by atoms with van der Waals surface area (Å²) in [7, 11) is -2.93. The Hall–Kier alpha value is -2.34. The zero-order valence-corrected chi connectivity index (χ0v) is 13.1. The number of hydrogen-bond acceptors (Lipinski definition) is 5. The molecule has 5 nitrogen and oxygen atoms in total. The van der Waals surface area contributed by atoms with Gasteiger partial charge < -0.3 is 8.92 Å². The highest BCUT2D eigenvalue weighted by molar-refractivity contribution is 7.67. The molecule has 2 aromatic rings. The highest BCUT2D eigenvalue weighted by atomic mass is 32.2. The molecule has 0 amide bonds. The van der Waals surface area contributed by atoms with Crippen LogP contribution in [0.3, 0.4) is 0 Å². The van der Waals surface area contributed by atoms with Gasteiger partial charge in [0.1, 0.15) is 18.1 Å². The minimum atomic E-state index is -2.93. The minimum absolute atomic E-state index is 0.173. The van der Waals surface area contributed by atoms with E-state index < -0.39 is 11.0 Å². The van der Waals surface area contributed by atoms with Crippen LogP contribution in [0.5, 0.6) is 11.5 Å². The van der Waals surface area contributed by atoms with Crippen LogP contribution in [0.4, 0.5) is 0 Å². The van der Waals surface area contributed by atoms with Gasteiger partial charge in [0.25, 0.3) is 11.0 Å². The molecule has 0 aromatic heterocycles. The molecule has 0 radical (unpaired) electrons. The summed E-state index contributed by atoms with van der Waals surface area (Å²) in [6.07, 6.45) is 2.36. The molecule has 0 unspecified atom stereocenters. The van der Waals surface area contributed by atoms with E-state index in [1.165, 1.54) is 0 Å². The zero-order valence-electron chi connectivity index (χ0n) is 12.2. The summed E-state index contributed by atoms with van der Waals surface area (Å²) in [5.74, 6) is 1.15. The molecular formula is C17H14O5S. The van der Waals surface area contributed by atoms with Gasteiger partial charge >= 0.3 is 0 Å². The van der Waals surface area contributed by atoms with Crippen LogP contribution in [0.1, 0.15) is 34.3 Å². The number of fused-ring (bicyclic) bond motifs is 4. The van der Waals surface area contributed by atoms with Crippen LogP contribution in [0.15, 0.2) is 30.3 Å². The van der Waals surface area contributed by atoms with Gasteiger partial charge in [0, 0.05) is 23.1 Å². The number of aryl methyl sites for hydroxylation is 1. The van der Waals surface area contributed by atoms with Gasteiger partial charge in [-0.05, 0) is 48.2 Å². The first-order chi connectivity index (χ1) is 11.1. The van der Waals surface area contributed by atoms with Crippen molar-refractivity contribution < 1.29 is 22.1 Å². The third-order valence-corrected chi connectivity index (χ3v) is 4.65. The van der Waals surface area contributed by atoms with Crippen LogP contribution in [-0.2, 0) is 24.0 Å². The van der Waals surface area contributed by atoms with Crippen LogP contribution in [-0.4, -0.2) is 14.2 Å². The van der Waals surface area contributed by atoms with E-state index in [1.54, 1.807) is 12.1 Å². The van der Waals surface area contributed by atoms with E-state index in [0.717, 1.165) is 40.7 Å². The van der Waals surface area contributed by atoms with Gasteiger partial charge in [0.05, 0.1) is 0 Å². The van der Waals surface area contributed by atoms with E-state index in [1.807, 2.05) is 18.2 Å². The molecule has 4 rings (SSSR count). The Labute approximate surface area is 135 Å². The topological polar surface area (TPSA) is 69.7 Å². The van der Waals surface area contributed by atoms with Crippen molar-refractivity contribution in [1.82, 2.24) is 0 Å². The third-order valence-electron chi connectivity index (χ3n) is 4.29. The Bertz CT molecular complexity index is 890. The number of hydrogen-bond donors (Lipinski definition) is 1. The molecule has 0 bridgehead atoms.